The summed E-state index contributed by atoms with van der Waals surface area (Å²) in [5.41, 5.74) is 8.60. The number of halogens is 1. The van der Waals surface area contributed by atoms with Crippen molar-refractivity contribution in [1.29, 1.82) is 0 Å². The van der Waals surface area contributed by atoms with Crippen LogP contribution in [0.5, 0.6) is 5.75 Å². The maximum atomic E-state index is 6.44. The van der Waals surface area contributed by atoms with Gasteiger partial charge >= 0.3 is 0 Å². The summed E-state index contributed by atoms with van der Waals surface area (Å²) >= 11 is 3.53. The van der Waals surface area contributed by atoms with E-state index in [1.54, 1.807) is 13.3 Å². The topological polar surface area (TPSA) is 62.3 Å². The van der Waals surface area contributed by atoms with Gasteiger partial charge in [0.25, 0.3) is 0 Å². The zero-order chi connectivity index (χ0) is 14.8. The molecule has 0 aliphatic carbocycles. The van der Waals surface area contributed by atoms with Crippen LogP contribution in [0.2, 0.25) is 0 Å². The van der Waals surface area contributed by atoms with Crippen LogP contribution in [0.25, 0.3) is 0 Å². The van der Waals surface area contributed by atoms with Crippen LogP contribution in [-0.2, 0) is 17.7 Å². The average molecular weight is 352 g/mol. The lowest BCUT2D eigenvalue weighted by Crippen LogP contribution is -2.32. The molecule has 1 aromatic carbocycles. The van der Waals surface area contributed by atoms with Gasteiger partial charge in [-0.1, -0.05) is 18.2 Å². The van der Waals surface area contributed by atoms with Crippen LogP contribution in [-0.4, -0.2) is 29.6 Å². The van der Waals surface area contributed by atoms with Crippen molar-refractivity contribution in [3.63, 3.8) is 0 Å². The predicted molar refractivity (Wildman–Crippen MR) is 83.3 cm³/mol. The zero-order valence-corrected chi connectivity index (χ0v) is 13.4. The molecule has 0 saturated carbocycles. The highest BCUT2D eigenvalue weighted by Crippen LogP contribution is 2.34. The number of nitrogens with zero attached hydrogens (tertiary/aromatic N) is 2. The SMILES string of the molecule is COCCn1ncc(Br)c1C(N)C1Cc2ccccc2O1. The molecule has 0 amide bonds. The van der Waals surface area contributed by atoms with E-state index in [0.29, 0.717) is 13.2 Å². The fourth-order valence-corrected chi connectivity index (χ4v) is 3.21. The molecule has 5 nitrogen and oxygen atoms in total. The summed E-state index contributed by atoms with van der Waals surface area (Å²) in [6, 6.07) is 7.82. The smallest absolute Gasteiger partial charge is 0.124 e. The number of benzene rings is 1. The Hall–Kier alpha value is -1.37. The molecule has 1 aliphatic rings. The molecule has 112 valence electrons. The summed E-state index contributed by atoms with van der Waals surface area (Å²) in [7, 11) is 1.68. The quantitative estimate of drug-likeness (QED) is 0.897. The van der Waals surface area contributed by atoms with Gasteiger partial charge in [0.15, 0.2) is 0 Å². The maximum Gasteiger partial charge on any atom is 0.124 e. The number of hydrogen-bond acceptors (Lipinski definition) is 4. The van der Waals surface area contributed by atoms with Crippen LogP contribution >= 0.6 is 15.9 Å². The monoisotopic (exact) mass is 351 g/mol. The molecule has 0 radical (unpaired) electrons. The second-order valence-corrected chi connectivity index (χ2v) is 5.94. The van der Waals surface area contributed by atoms with Crippen molar-refractivity contribution in [2.75, 3.05) is 13.7 Å². The molecule has 0 saturated heterocycles. The van der Waals surface area contributed by atoms with Crippen molar-refractivity contribution in [1.82, 2.24) is 9.78 Å². The normalized spacial score (nSPS) is 18.3. The Balaban J connectivity index is 1.80. The number of para-hydroxylation sites is 1. The van der Waals surface area contributed by atoms with Gasteiger partial charge in [-0.25, -0.2) is 0 Å². The highest BCUT2D eigenvalue weighted by atomic mass is 79.9. The molecule has 2 N–H and O–H groups in total. The van der Waals surface area contributed by atoms with Crippen LogP contribution in [0.3, 0.4) is 0 Å². The molecule has 2 unspecified atom stereocenters. The van der Waals surface area contributed by atoms with Gasteiger partial charge < -0.3 is 15.2 Å². The Morgan fingerprint density at radius 2 is 2.33 bits per heavy atom. The first-order valence-corrected chi connectivity index (χ1v) is 7.70. The lowest BCUT2D eigenvalue weighted by Gasteiger charge is -2.21. The van der Waals surface area contributed by atoms with Gasteiger partial charge in [-0.2, -0.15) is 5.10 Å². The van der Waals surface area contributed by atoms with Gasteiger partial charge in [-0.15, -0.1) is 0 Å². The number of hydrogen-bond donors (Lipinski definition) is 1. The van der Waals surface area contributed by atoms with Crippen molar-refractivity contribution in [3.05, 3.63) is 46.2 Å². The van der Waals surface area contributed by atoms with E-state index in [4.69, 9.17) is 15.2 Å². The minimum Gasteiger partial charge on any atom is -0.488 e. The zero-order valence-electron chi connectivity index (χ0n) is 11.8. The molecule has 2 aromatic rings. The molecular weight excluding hydrogens is 334 g/mol. The lowest BCUT2D eigenvalue weighted by molar-refractivity contribution is 0.173. The van der Waals surface area contributed by atoms with Gasteiger partial charge in [-0.3, -0.25) is 4.68 Å². The summed E-state index contributed by atoms with van der Waals surface area (Å²) < 4.78 is 13.9. The van der Waals surface area contributed by atoms with Gasteiger partial charge in [0.1, 0.15) is 11.9 Å². The van der Waals surface area contributed by atoms with Crippen LogP contribution in [0.1, 0.15) is 17.3 Å². The van der Waals surface area contributed by atoms with E-state index in [1.165, 1.54) is 5.56 Å². The van der Waals surface area contributed by atoms with Gasteiger partial charge in [0.2, 0.25) is 0 Å². The summed E-state index contributed by atoms with van der Waals surface area (Å²) in [5.74, 6) is 0.928. The largest absolute Gasteiger partial charge is 0.488 e. The molecule has 6 heteroatoms. The first-order chi connectivity index (χ1) is 10.2. The van der Waals surface area contributed by atoms with Crippen molar-refractivity contribution < 1.29 is 9.47 Å². The summed E-state index contributed by atoms with van der Waals surface area (Å²) in [6.07, 6.45) is 2.52. The highest BCUT2D eigenvalue weighted by molar-refractivity contribution is 9.10. The average Bonchev–Trinajstić information content (AvgIpc) is 3.08. The third-order valence-corrected chi connectivity index (χ3v) is 4.34. The Morgan fingerprint density at radius 3 is 3.10 bits per heavy atom. The van der Waals surface area contributed by atoms with E-state index in [-0.39, 0.29) is 12.1 Å². The van der Waals surface area contributed by atoms with Crippen molar-refractivity contribution in [2.24, 2.45) is 5.73 Å². The predicted octanol–water partition coefficient (Wildman–Crippen LogP) is 2.30. The van der Waals surface area contributed by atoms with E-state index in [0.717, 1.165) is 22.3 Å². The van der Waals surface area contributed by atoms with Crippen LogP contribution in [0, 0.1) is 0 Å². The first-order valence-electron chi connectivity index (χ1n) is 6.91. The van der Waals surface area contributed by atoms with Crippen LogP contribution in [0.4, 0.5) is 0 Å². The van der Waals surface area contributed by atoms with Crippen LogP contribution < -0.4 is 10.5 Å². The molecule has 0 spiro atoms. The number of aromatic nitrogens is 2. The number of methoxy groups -OCH3 is 1. The van der Waals surface area contributed by atoms with E-state index < -0.39 is 0 Å². The molecule has 2 heterocycles. The van der Waals surface area contributed by atoms with E-state index >= 15 is 0 Å². The van der Waals surface area contributed by atoms with Crippen molar-refractivity contribution in [3.8, 4) is 5.75 Å². The Morgan fingerprint density at radius 1 is 1.52 bits per heavy atom. The first kappa shape index (κ1) is 14.6. The second kappa shape index (κ2) is 6.17. The maximum absolute atomic E-state index is 6.44. The minimum atomic E-state index is -0.244. The molecular formula is C15H18BrN3O2. The molecule has 21 heavy (non-hydrogen) atoms. The summed E-state index contributed by atoms with van der Waals surface area (Å²) in [5, 5.41) is 4.35. The van der Waals surface area contributed by atoms with E-state index in [1.807, 2.05) is 22.9 Å². The van der Waals surface area contributed by atoms with Gasteiger partial charge in [-0.05, 0) is 27.6 Å². The fourth-order valence-electron chi connectivity index (χ4n) is 2.64. The van der Waals surface area contributed by atoms with Crippen molar-refractivity contribution in [2.45, 2.75) is 25.1 Å². The lowest BCUT2D eigenvalue weighted by atomic mass is 10.0. The molecule has 2 atom stereocenters. The molecule has 0 bridgehead atoms. The number of rotatable bonds is 5. The minimum absolute atomic E-state index is 0.0725. The van der Waals surface area contributed by atoms with Gasteiger partial charge in [0.05, 0.1) is 35.6 Å². The standard InChI is InChI=1S/C15H18BrN3O2/c1-20-7-6-19-15(11(16)9-18-19)14(17)13-8-10-4-2-3-5-12(10)21-13/h2-5,9,13-14H,6-8,17H2,1H3. The van der Waals surface area contributed by atoms with Crippen molar-refractivity contribution >= 4 is 15.9 Å². The Bertz CT molecular complexity index is 604. The molecule has 1 aromatic heterocycles. The summed E-state index contributed by atoms with van der Waals surface area (Å²) in [4.78, 5) is 0. The Kier molecular flexibility index (Phi) is 4.28. The van der Waals surface area contributed by atoms with E-state index in [2.05, 4.69) is 27.1 Å². The molecule has 0 fully saturated rings. The van der Waals surface area contributed by atoms with E-state index in [9.17, 15) is 0 Å². The van der Waals surface area contributed by atoms with Gasteiger partial charge in [0, 0.05) is 13.5 Å². The molecule has 1 aliphatic heterocycles. The van der Waals surface area contributed by atoms with Crippen LogP contribution in [0.15, 0.2) is 34.9 Å². The third kappa shape index (κ3) is 2.84. The highest BCUT2D eigenvalue weighted by Gasteiger charge is 2.32. The number of ether oxygens (including phenoxy) is 2. The number of fused-ring (bicyclic) bond motifs is 1. The molecule has 3 rings (SSSR count). The third-order valence-electron chi connectivity index (χ3n) is 3.73. The fraction of sp³-hybridized carbons (Fsp3) is 0.400. The number of nitrogens with two attached hydrogens (primary N) is 1. The second-order valence-electron chi connectivity index (χ2n) is 5.09. The summed E-state index contributed by atoms with van der Waals surface area (Å²) in [6.45, 7) is 1.27. The Labute approximate surface area is 132 Å².